The molecule has 2 aromatic carbocycles. The first kappa shape index (κ1) is 14.3. The van der Waals surface area contributed by atoms with Gasteiger partial charge in [0.25, 0.3) is 5.91 Å². The second kappa shape index (κ2) is 4.72. The Balaban J connectivity index is 1.83. The van der Waals surface area contributed by atoms with Gasteiger partial charge in [0.05, 0.1) is 0 Å². The second-order valence-electron chi connectivity index (χ2n) is 6.96. The number of nitrogens with zero attached hydrogens (tertiary/aromatic N) is 1. The molecule has 0 spiro atoms. The number of amides is 3. The van der Waals surface area contributed by atoms with E-state index in [4.69, 9.17) is 0 Å². The maximum atomic E-state index is 12.6. The van der Waals surface area contributed by atoms with Crippen molar-refractivity contribution in [3.05, 3.63) is 71.4 Å². The monoisotopic (exact) mass is 331 g/mol. The summed E-state index contributed by atoms with van der Waals surface area (Å²) < 4.78 is 0. The highest BCUT2D eigenvalue weighted by molar-refractivity contribution is 6.08. The molecule has 2 unspecified atom stereocenters. The zero-order valence-electron chi connectivity index (χ0n) is 13.7. The van der Waals surface area contributed by atoms with Crippen molar-refractivity contribution in [3.63, 3.8) is 0 Å². The lowest BCUT2D eigenvalue weighted by Gasteiger charge is -2.42. The molecule has 1 fully saturated rings. The summed E-state index contributed by atoms with van der Waals surface area (Å²) in [6.45, 7) is 1.86. The molecule has 5 rings (SSSR count). The zero-order valence-corrected chi connectivity index (χ0v) is 13.7. The smallest absolute Gasteiger partial charge is 0.325 e. The number of imide groups is 1. The first-order valence-electron chi connectivity index (χ1n) is 8.39. The lowest BCUT2D eigenvalue weighted by Crippen LogP contribution is -2.53. The third-order valence-corrected chi connectivity index (χ3v) is 5.47. The van der Waals surface area contributed by atoms with E-state index in [1.165, 1.54) is 0 Å². The number of nitrogens with one attached hydrogen (secondary N) is 2. The summed E-state index contributed by atoms with van der Waals surface area (Å²) in [6.07, 6.45) is 0.507. The first-order valence-corrected chi connectivity index (χ1v) is 8.39. The van der Waals surface area contributed by atoms with Crippen LogP contribution in [0.25, 0.3) is 10.9 Å². The molecule has 0 aliphatic carbocycles. The molecule has 3 amide bonds. The maximum Gasteiger partial charge on any atom is 0.325 e. The average molecular weight is 331 g/mol. The van der Waals surface area contributed by atoms with Crippen molar-refractivity contribution in [1.82, 2.24) is 15.2 Å². The number of para-hydroxylation sites is 1. The number of rotatable bonds is 1. The molecule has 0 bridgehead atoms. The van der Waals surface area contributed by atoms with E-state index in [1.807, 2.05) is 55.5 Å². The number of aromatic nitrogens is 1. The molecule has 5 nitrogen and oxygen atoms in total. The largest absolute Gasteiger partial charge is 0.356 e. The molecule has 2 aliphatic heterocycles. The molecule has 3 aromatic rings. The highest BCUT2D eigenvalue weighted by atomic mass is 16.2. The molecular formula is C20H17N3O2. The van der Waals surface area contributed by atoms with Gasteiger partial charge in [-0.05, 0) is 24.1 Å². The fourth-order valence-corrected chi connectivity index (χ4v) is 4.26. The van der Waals surface area contributed by atoms with Crippen LogP contribution in [0.3, 0.4) is 0 Å². The van der Waals surface area contributed by atoms with Gasteiger partial charge in [-0.15, -0.1) is 0 Å². The Morgan fingerprint density at radius 2 is 1.76 bits per heavy atom. The molecule has 0 radical (unpaired) electrons. The van der Waals surface area contributed by atoms with E-state index in [0.717, 1.165) is 27.7 Å². The van der Waals surface area contributed by atoms with Crippen LogP contribution in [0, 0.1) is 0 Å². The van der Waals surface area contributed by atoms with Crippen molar-refractivity contribution in [1.29, 1.82) is 0 Å². The van der Waals surface area contributed by atoms with Gasteiger partial charge in [0.1, 0.15) is 11.6 Å². The zero-order chi connectivity index (χ0) is 17.2. The summed E-state index contributed by atoms with van der Waals surface area (Å²) in [5, 5.41) is 3.62. The van der Waals surface area contributed by atoms with E-state index < -0.39 is 5.54 Å². The minimum atomic E-state index is -0.879. The highest BCUT2D eigenvalue weighted by Crippen LogP contribution is 2.46. The number of carbonyl (C=O) groups is 2. The van der Waals surface area contributed by atoms with Crippen LogP contribution in [0.4, 0.5) is 4.79 Å². The summed E-state index contributed by atoms with van der Waals surface area (Å²) >= 11 is 0. The van der Waals surface area contributed by atoms with Crippen LogP contribution in [-0.4, -0.2) is 27.4 Å². The van der Waals surface area contributed by atoms with Gasteiger partial charge in [0.2, 0.25) is 0 Å². The normalized spacial score (nSPS) is 25.0. The van der Waals surface area contributed by atoms with Crippen molar-refractivity contribution < 1.29 is 9.59 Å². The Labute approximate surface area is 144 Å². The van der Waals surface area contributed by atoms with Crippen LogP contribution >= 0.6 is 0 Å². The highest BCUT2D eigenvalue weighted by Gasteiger charge is 2.56. The summed E-state index contributed by atoms with van der Waals surface area (Å²) in [5.74, 6) is -0.227. The Kier molecular flexibility index (Phi) is 2.70. The van der Waals surface area contributed by atoms with Crippen LogP contribution in [-0.2, 0) is 11.2 Å². The molecule has 0 saturated carbocycles. The molecule has 1 aromatic heterocycles. The quantitative estimate of drug-likeness (QED) is 0.673. The third-order valence-electron chi connectivity index (χ3n) is 5.47. The van der Waals surface area contributed by atoms with E-state index in [2.05, 4.69) is 16.4 Å². The Morgan fingerprint density at radius 3 is 2.56 bits per heavy atom. The standard InChI is InChI=1S/C20H17N3O2/c1-20-11-14-13-9-5-6-10-15(13)21-16(14)17(12-7-3-2-4-8-12)23(20)19(25)22-18(20)24/h2-10,17,21H,11H2,1H3,(H,22,24,25). The van der Waals surface area contributed by atoms with E-state index >= 15 is 0 Å². The number of hydrogen-bond donors (Lipinski definition) is 2. The number of hydrogen-bond acceptors (Lipinski definition) is 2. The predicted molar refractivity (Wildman–Crippen MR) is 94.1 cm³/mol. The van der Waals surface area contributed by atoms with E-state index in [-0.39, 0.29) is 18.0 Å². The lowest BCUT2D eigenvalue weighted by molar-refractivity contribution is -0.126. The molecule has 2 N–H and O–H groups in total. The Morgan fingerprint density at radius 1 is 1.04 bits per heavy atom. The summed E-state index contributed by atoms with van der Waals surface area (Å²) in [6, 6.07) is 17.3. The van der Waals surface area contributed by atoms with Gasteiger partial charge in [-0.2, -0.15) is 0 Å². The van der Waals surface area contributed by atoms with Gasteiger partial charge >= 0.3 is 6.03 Å². The van der Waals surface area contributed by atoms with Crippen LogP contribution < -0.4 is 5.32 Å². The third kappa shape index (κ3) is 1.78. The molecule has 1 saturated heterocycles. The van der Waals surface area contributed by atoms with Gasteiger partial charge < -0.3 is 4.98 Å². The Bertz CT molecular complexity index is 1020. The van der Waals surface area contributed by atoms with Gasteiger partial charge in [-0.1, -0.05) is 48.5 Å². The minimum absolute atomic E-state index is 0.227. The fraction of sp³-hybridized carbons (Fsp3) is 0.200. The summed E-state index contributed by atoms with van der Waals surface area (Å²) in [4.78, 5) is 30.4. The van der Waals surface area contributed by atoms with Crippen LogP contribution in [0.2, 0.25) is 0 Å². The summed E-state index contributed by atoms with van der Waals surface area (Å²) in [7, 11) is 0. The SMILES string of the molecule is CC12Cc3c([nH]c4ccccc34)C(c3ccccc3)N1C(=O)NC2=O. The van der Waals surface area contributed by atoms with Crippen LogP contribution in [0.15, 0.2) is 54.6 Å². The molecular weight excluding hydrogens is 314 g/mol. The van der Waals surface area contributed by atoms with Crippen molar-refractivity contribution >= 4 is 22.8 Å². The number of carbonyl (C=O) groups excluding carboxylic acids is 2. The first-order chi connectivity index (χ1) is 12.1. The number of H-pyrrole nitrogens is 1. The number of urea groups is 1. The fourth-order valence-electron chi connectivity index (χ4n) is 4.26. The van der Waals surface area contributed by atoms with E-state index in [0.29, 0.717) is 6.42 Å². The molecule has 3 heterocycles. The number of aromatic amines is 1. The molecule has 25 heavy (non-hydrogen) atoms. The van der Waals surface area contributed by atoms with Gasteiger partial charge in [-0.25, -0.2) is 4.79 Å². The number of fused-ring (bicyclic) bond motifs is 4. The lowest BCUT2D eigenvalue weighted by atomic mass is 9.81. The predicted octanol–water partition coefficient (Wildman–Crippen LogP) is 3.12. The summed E-state index contributed by atoms with van der Waals surface area (Å²) in [5.41, 5.74) is 3.26. The van der Waals surface area contributed by atoms with Crippen LogP contribution in [0.1, 0.15) is 29.8 Å². The van der Waals surface area contributed by atoms with Crippen molar-refractivity contribution in [2.45, 2.75) is 24.9 Å². The van der Waals surface area contributed by atoms with Crippen molar-refractivity contribution in [3.8, 4) is 0 Å². The maximum absolute atomic E-state index is 12.6. The van der Waals surface area contributed by atoms with Crippen molar-refractivity contribution in [2.75, 3.05) is 0 Å². The minimum Gasteiger partial charge on any atom is -0.356 e. The van der Waals surface area contributed by atoms with Crippen molar-refractivity contribution in [2.24, 2.45) is 0 Å². The average Bonchev–Trinajstić information content (AvgIpc) is 3.09. The Hall–Kier alpha value is -3.08. The van der Waals surface area contributed by atoms with E-state index in [9.17, 15) is 9.59 Å². The molecule has 124 valence electrons. The van der Waals surface area contributed by atoms with Crippen LogP contribution in [0.5, 0.6) is 0 Å². The molecule has 5 heteroatoms. The van der Waals surface area contributed by atoms with Gasteiger partial charge in [0.15, 0.2) is 0 Å². The van der Waals surface area contributed by atoms with Gasteiger partial charge in [0, 0.05) is 23.0 Å². The number of benzene rings is 2. The topological polar surface area (TPSA) is 65.2 Å². The second-order valence-corrected chi connectivity index (χ2v) is 6.96. The van der Waals surface area contributed by atoms with E-state index in [1.54, 1.807) is 4.90 Å². The molecule has 2 aliphatic rings. The molecule has 2 atom stereocenters. The van der Waals surface area contributed by atoms with Gasteiger partial charge in [-0.3, -0.25) is 15.0 Å².